The van der Waals surface area contributed by atoms with Gasteiger partial charge in [-0.05, 0) is 0 Å². The van der Waals surface area contributed by atoms with E-state index in [-0.39, 0.29) is 6.61 Å². The SMILES string of the molecule is COC(=O)OC.O=C1OCC(F)O1.O=c1occo1. The third kappa shape index (κ3) is 9.21. The molecule has 0 radical (unpaired) electrons. The Balaban J connectivity index is 0.000000257. The summed E-state index contributed by atoms with van der Waals surface area (Å²) < 4.78 is 35.8. The molecule has 0 amide bonds. The van der Waals surface area contributed by atoms with Crippen LogP contribution in [0.5, 0.6) is 0 Å². The average molecular weight is 282 g/mol. The van der Waals surface area contributed by atoms with Crippen LogP contribution in [0.3, 0.4) is 0 Å². The predicted molar refractivity (Wildman–Crippen MR) is 54.0 cm³/mol. The number of hydrogen-bond donors (Lipinski definition) is 0. The van der Waals surface area contributed by atoms with Crippen LogP contribution in [0.15, 0.2) is 26.2 Å². The van der Waals surface area contributed by atoms with Gasteiger partial charge in [0.2, 0.25) is 0 Å². The van der Waals surface area contributed by atoms with Gasteiger partial charge in [-0.15, -0.1) is 0 Å². The van der Waals surface area contributed by atoms with E-state index < -0.39 is 24.5 Å². The van der Waals surface area contributed by atoms with Gasteiger partial charge in [-0.25, -0.2) is 14.4 Å². The van der Waals surface area contributed by atoms with E-state index in [2.05, 4.69) is 27.8 Å². The van der Waals surface area contributed by atoms with Crippen molar-refractivity contribution >= 4 is 12.3 Å². The number of carbonyl (C=O) groups is 2. The third-order valence-electron chi connectivity index (χ3n) is 1.27. The van der Waals surface area contributed by atoms with Crippen LogP contribution in [-0.2, 0) is 18.9 Å². The first kappa shape index (κ1) is 16.5. The molecule has 0 bridgehead atoms. The minimum absolute atomic E-state index is 0.265. The number of halogens is 1. The Kier molecular flexibility index (Phi) is 8.24. The second-order valence-corrected chi connectivity index (χ2v) is 2.51. The highest BCUT2D eigenvalue weighted by Crippen LogP contribution is 2.05. The number of rotatable bonds is 0. The zero-order chi connectivity index (χ0) is 14.7. The van der Waals surface area contributed by atoms with Crippen LogP contribution in [0.2, 0.25) is 0 Å². The van der Waals surface area contributed by atoms with Gasteiger partial charge in [-0.3, -0.25) is 0 Å². The second-order valence-electron chi connectivity index (χ2n) is 2.51. The molecule has 19 heavy (non-hydrogen) atoms. The van der Waals surface area contributed by atoms with Gasteiger partial charge >= 0.3 is 18.1 Å². The summed E-state index contributed by atoms with van der Waals surface area (Å²) in [6.45, 7) is -0.265. The van der Waals surface area contributed by atoms with Crippen molar-refractivity contribution in [3.63, 3.8) is 0 Å². The minimum Gasteiger partial charge on any atom is -0.438 e. The fourth-order valence-corrected chi connectivity index (χ4v) is 0.584. The van der Waals surface area contributed by atoms with E-state index >= 15 is 0 Å². The first-order chi connectivity index (χ1) is 8.99. The Morgan fingerprint density at radius 3 is 1.89 bits per heavy atom. The van der Waals surface area contributed by atoms with Crippen molar-refractivity contribution in [1.29, 1.82) is 0 Å². The molecule has 1 saturated heterocycles. The Morgan fingerprint density at radius 1 is 1.26 bits per heavy atom. The smallest absolute Gasteiger partial charge is 0.438 e. The molecule has 1 atom stereocenters. The number of alkyl halides is 1. The fourth-order valence-electron chi connectivity index (χ4n) is 0.584. The number of cyclic esters (lactones) is 2. The molecular weight excluding hydrogens is 271 g/mol. The average Bonchev–Trinajstić information content (AvgIpc) is 3.01. The molecule has 0 spiro atoms. The summed E-state index contributed by atoms with van der Waals surface area (Å²) in [6, 6.07) is 0. The van der Waals surface area contributed by atoms with Crippen molar-refractivity contribution in [2.75, 3.05) is 20.8 Å². The zero-order valence-corrected chi connectivity index (χ0v) is 9.99. The van der Waals surface area contributed by atoms with Crippen LogP contribution in [0, 0.1) is 0 Å². The number of hydrogen-bond acceptors (Lipinski definition) is 9. The molecule has 9 nitrogen and oxygen atoms in total. The minimum atomic E-state index is -1.55. The summed E-state index contributed by atoms with van der Waals surface area (Å²) in [7, 11) is 2.51. The van der Waals surface area contributed by atoms with E-state index in [1.807, 2.05) is 0 Å². The second kappa shape index (κ2) is 9.50. The summed E-state index contributed by atoms with van der Waals surface area (Å²) in [5.41, 5.74) is 0. The molecule has 2 rings (SSSR count). The molecular formula is C9H11FO9. The molecule has 2 heterocycles. The highest BCUT2D eigenvalue weighted by atomic mass is 19.1. The van der Waals surface area contributed by atoms with Crippen LogP contribution < -0.4 is 5.82 Å². The van der Waals surface area contributed by atoms with Crippen molar-refractivity contribution in [3.8, 4) is 0 Å². The molecule has 0 saturated carbocycles. The van der Waals surface area contributed by atoms with E-state index in [9.17, 15) is 18.8 Å². The molecule has 1 aliphatic heterocycles. The van der Waals surface area contributed by atoms with Gasteiger partial charge in [0.15, 0.2) is 6.61 Å². The number of ether oxygens (including phenoxy) is 4. The molecule has 0 aromatic carbocycles. The normalized spacial score (nSPS) is 15.7. The Bertz CT molecular complexity index is 401. The summed E-state index contributed by atoms with van der Waals surface area (Å²) in [5.74, 6) is -0.657. The van der Waals surface area contributed by atoms with Crippen molar-refractivity contribution in [2.24, 2.45) is 0 Å². The quantitative estimate of drug-likeness (QED) is 0.644. The van der Waals surface area contributed by atoms with E-state index in [1.54, 1.807) is 0 Å². The van der Waals surface area contributed by atoms with Crippen LogP contribution in [0.1, 0.15) is 0 Å². The molecule has 0 aliphatic carbocycles. The first-order valence-corrected chi connectivity index (χ1v) is 4.61. The summed E-state index contributed by atoms with van der Waals surface area (Å²) in [6.07, 6.45) is -0.764. The van der Waals surface area contributed by atoms with Gasteiger partial charge in [-0.1, -0.05) is 0 Å². The first-order valence-electron chi connectivity index (χ1n) is 4.61. The molecule has 10 heteroatoms. The molecule has 108 valence electrons. The maximum absolute atomic E-state index is 11.6. The Morgan fingerprint density at radius 2 is 1.79 bits per heavy atom. The standard InChI is InChI=1S/C3H3FO3.C3H2O3.C3H6O3/c4-2-1-6-3(5)7-2;4-3-5-1-2-6-3;1-5-3(4)6-2/h2H,1H2;1-2H;1-2H3. The van der Waals surface area contributed by atoms with Crippen LogP contribution >= 0.6 is 0 Å². The lowest BCUT2D eigenvalue weighted by molar-refractivity contribution is 0.0572. The number of carbonyl (C=O) groups excluding carboxylic acids is 2. The summed E-state index contributed by atoms with van der Waals surface area (Å²) in [4.78, 5) is 29.2. The summed E-state index contributed by atoms with van der Waals surface area (Å²) >= 11 is 0. The van der Waals surface area contributed by atoms with E-state index in [0.717, 1.165) is 0 Å². The van der Waals surface area contributed by atoms with Crippen molar-refractivity contribution in [2.45, 2.75) is 6.36 Å². The molecule has 0 N–H and O–H groups in total. The van der Waals surface area contributed by atoms with Gasteiger partial charge in [0.25, 0.3) is 6.36 Å². The Hall–Kier alpha value is -2.52. The summed E-state index contributed by atoms with van der Waals surface area (Å²) in [5, 5.41) is 0. The van der Waals surface area contributed by atoms with E-state index in [1.165, 1.54) is 26.7 Å². The highest BCUT2D eigenvalue weighted by molar-refractivity contribution is 5.61. The maximum Gasteiger partial charge on any atom is 0.518 e. The van der Waals surface area contributed by atoms with Gasteiger partial charge in [0, 0.05) is 0 Å². The highest BCUT2D eigenvalue weighted by Gasteiger charge is 2.23. The van der Waals surface area contributed by atoms with E-state index in [0.29, 0.717) is 0 Å². The molecule has 1 aromatic rings. The molecule has 1 unspecified atom stereocenters. The van der Waals surface area contributed by atoms with Crippen molar-refractivity contribution in [3.05, 3.63) is 23.1 Å². The third-order valence-corrected chi connectivity index (χ3v) is 1.27. The van der Waals surface area contributed by atoms with E-state index in [4.69, 9.17) is 0 Å². The Labute approximate surface area is 105 Å². The fraction of sp³-hybridized carbons (Fsp3) is 0.444. The zero-order valence-electron chi connectivity index (χ0n) is 9.99. The molecule has 1 fully saturated rings. The maximum atomic E-state index is 11.6. The van der Waals surface area contributed by atoms with Gasteiger partial charge < -0.3 is 27.8 Å². The molecule has 1 aromatic heterocycles. The number of methoxy groups -OCH3 is 2. The van der Waals surface area contributed by atoms with Crippen LogP contribution in [0.25, 0.3) is 0 Å². The van der Waals surface area contributed by atoms with Crippen LogP contribution in [-0.4, -0.2) is 39.5 Å². The molecule has 1 aliphatic rings. The van der Waals surface area contributed by atoms with Crippen LogP contribution in [0.4, 0.5) is 14.0 Å². The topological polar surface area (TPSA) is 114 Å². The lowest BCUT2D eigenvalue weighted by Gasteiger charge is -1.89. The van der Waals surface area contributed by atoms with Crippen molar-refractivity contribution in [1.82, 2.24) is 0 Å². The lowest BCUT2D eigenvalue weighted by Crippen LogP contribution is -1.98. The van der Waals surface area contributed by atoms with Crippen molar-refractivity contribution < 1.29 is 41.8 Å². The predicted octanol–water partition coefficient (Wildman–Crippen LogP) is 1.08. The van der Waals surface area contributed by atoms with Gasteiger partial charge in [0.05, 0.1) is 14.2 Å². The van der Waals surface area contributed by atoms with Gasteiger partial charge in [-0.2, -0.15) is 4.39 Å². The lowest BCUT2D eigenvalue weighted by atomic mass is 10.8. The monoisotopic (exact) mass is 282 g/mol. The van der Waals surface area contributed by atoms with Gasteiger partial charge in [0.1, 0.15) is 12.5 Å². The largest absolute Gasteiger partial charge is 0.518 e.